The average molecular weight is 280 g/mol. The Labute approximate surface area is 117 Å². The van der Waals surface area contributed by atoms with Crippen LogP contribution in [0, 0.1) is 5.92 Å². The van der Waals surface area contributed by atoms with E-state index in [4.69, 9.17) is 15.6 Å². The van der Waals surface area contributed by atoms with Crippen molar-refractivity contribution in [3.05, 3.63) is 23.8 Å². The summed E-state index contributed by atoms with van der Waals surface area (Å²) in [6.07, 6.45) is 0.835. The van der Waals surface area contributed by atoms with Gasteiger partial charge in [-0.05, 0) is 30.5 Å². The van der Waals surface area contributed by atoms with E-state index in [-0.39, 0.29) is 18.0 Å². The molecule has 0 aromatic heterocycles. The Hall–Kier alpha value is -2.08. The minimum absolute atomic E-state index is 0.107. The topological polar surface area (TPSA) is 102 Å². The fraction of sp³-hybridized carbons (Fsp3) is 0.429. The lowest BCUT2D eigenvalue weighted by Gasteiger charge is -2.14. The van der Waals surface area contributed by atoms with Gasteiger partial charge in [0.2, 0.25) is 5.91 Å². The second kappa shape index (κ2) is 7.49. The zero-order valence-electron chi connectivity index (χ0n) is 11.7. The van der Waals surface area contributed by atoms with E-state index in [0.29, 0.717) is 24.0 Å². The number of carbonyl (C=O) groups excluding carboxylic acids is 1. The molecule has 6 heteroatoms. The third kappa shape index (κ3) is 4.89. The predicted octanol–water partition coefficient (Wildman–Crippen LogP) is 1.71. The summed E-state index contributed by atoms with van der Waals surface area (Å²) in [5.74, 6) is -0.593. The number of aromatic carboxylic acids is 1. The SMILES string of the molecule is CC(C)CCOc1cc(C(=O)O)ccc1NC(=O)CN. The molecule has 1 aromatic rings. The number of carboxylic acids is 1. The van der Waals surface area contributed by atoms with Crippen LogP contribution in [0.4, 0.5) is 5.69 Å². The van der Waals surface area contributed by atoms with Gasteiger partial charge in [0.05, 0.1) is 24.4 Å². The van der Waals surface area contributed by atoms with E-state index < -0.39 is 5.97 Å². The largest absolute Gasteiger partial charge is 0.491 e. The number of hydrogen-bond donors (Lipinski definition) is 3. The molecule has 1 aromatic carbocycles. The molecule has 4 N–H and O–H groups in total. The second-order valence-corrected chi connectivity index (χ2v) is 4.80. The molecule has 0 fully saturated rings. The van der Waals surface area contributed by atoms with Crippen LogP contribution in [0.25, 0.3) is 0 Å². The maximum absolute atomic E-state index is 11.3. The van der Waals surface area contributed by atoms with E-state index in [9.17, 15) is 9.59 Å². The maximum atomic E-state index is 11.3. The molecule has 0 saturated heterocycles. The van der Waals surface area contributed by atoms with Crippen LogP contribution in [0.5, 0.6) is 5.75 Å². The van der Waals surface area contributed by atoms with Gasteiger partial charge >= 0.3 is 5.97 Å². The third-order valence-corrected chi connectivity index (χ3v) is 2.64. The second-order valence-electron chi connectivity index (χ2n) is 4.80. The van der Waals surface area contributed by atoms with Crippen LogP contribution in [0.15, 0.2) is 18.2 Å². The van der Waals surface area contributed by atoms with Crippen LogP contribution >= 0.6 is 0 Å². The average Bonchev–Trinajstić information content (AvgIpc) is 2.39. The first-order valence-electron chi connectivity index (χ1n) is 6.44. The molecular weight excluding hydrogens is 260 g/mol. The van der Waals surface area contributed by atoms with E-state index in [1.807, 2.05) is 0 Å². The lowest BCUT2D eigenvalue weighted by molar-refractivity contribution is -0.114. The first-order valence-corrected chi connectivity index (χ1v) is 6.44. The highest BCUT2D eigenvalue weighted by atomic mass is 16.5. The van der Waals surface area contributed by atoms with E-state index in [1.165, 1.54) is 18.2 Å². The van der Waals surface area contributed by atoms with Gasteiger partial charge in [-0.2, -0.15) is 0 Å². The quantitative estimate of drug-likeness (QED) is 0.705. The number of amides is 1. The van der Waals surface area contributed by atoms with Gasteiger partial charge in [-0.3, -0.25) is 4.79 Å². The number of hydrogen-bond acceptors (Lipinski definition) is 4. The van der Waals surface area contributed by atoms with Gasteiger partial charge in [-0.15, -0.1) is 0 Å². The van der Waals surface area contributed by atoms with Gasteiger partial charge in [0.15, 0.2) is 0 Å². The van der Waals surface area contributed by atoms with Crippen LogP contribution in [-0.4, -0.2) is 30.1 Å². The minimum Gasteiger partial charge on any atom is -0.491 e. The molecule has 0 spiro atoms. The zero-order valence-corrected chi connectivity index (χ0v) is 11.7. The molecule has 0 aliphatic rings. The fourth-order valence-corrected chi connectivity index (χ4v) is 1.48. The van der Waals surface area contributed by atoms with Crippen molar-refractivity contribution in [2.45, 2.75) is 20.3 Å². The van der Waals surface area contributed by atoms with Gasteiger partial charge < -0.3 is 20.9 Å². The van der Waals surface area contributed by atoms with Crippen molar-refractivity contribution in [2.24, 2.45) is 11.7 Å². The number of nitrogens with two attached hydrogens (primary N) is 1. The van der Waals surface area contributed by atoms with E-state index >= 15 is 0 Å². The predicted molar refractivity (Wildman–Crippen MR) is 76.0 cm³/mol. The normalized spacial score (nSPS) is 10.4. The number of anilines is 1. The van der Waals surface area contributed by atoms with Crippen LogP contribution < -0.4 is 15.8 Å². The Morgan fingerprint density at radius 2 is 2.10 bits per heavy atom. The van der Waals surface area contributed by atoms with Crippen molar-refractivity contribution in [1.82, 2.24) is 0 Å². The van der Waals surface area contributed by atoms with Gasteiger partial charge in [0.1, 0.15) is 5.75 Å². The van der Waals surface area contributed by atoms with Crippen LogP contribution in [-0.2, 0) is 4.79 Å². The highest BCUT2D eigenvalue weighted by Crippen LogP contribution is 2.26. The molecule has 0 atom stereocenters. The summed E-state index contributed by atoms with van der Waals surface area (Å²) in [6, 6.07) is 4.31. The number of carboxylic acid groups (broad SMARTS) is 1. The molecule has 0 aliphatic heterocycles. The molecule has 0 radical (unpaired) electrons. The fourth-order valence-electron chi connectivity index (χ4n) is 1.48. The Kier molecular flexibility index (Phi) is 5.99. The first kappa shape index (κ1) is 16.0. The summed E-state index contributed by atoms with van der Waals surface area (Å²) in [6.45, 7) is 4.43. The lowest BCUT2D eigenvalue weighted by Crippen LogP contribution is -2.22. The van der Waals surface area contributed by atoms with Crippen molar-refractivity contribution in [1.29, 1.82) is 0 Å². The molecular formula is C14H20N2O4. The van der Waals surface area contributed by atoms with Crippen molar-refractivity contribution < 1.29 is 19.4 Å². The molecule has 6 nitrogen and oxygen atoms in total. The molecule has 0 heterocycles. The smallest absolute Gasteiger partial charge is 0.335 e. The number of benzene rings is 1. The molecule has 20 heavy (non-hydrogen) atoms. The van der Waals surface area contributed by atoms with Crippen LogP contribution in [0.3, 0.4) is 0 Å². The highest BCUT2D eigenvalue weighted by molar-refractivity contribution is 5.95. The lowest BCUT2D eigenvalue weighted by atomic mass is 10.1. The van der Waals surface area contributed by atoms with Gasteiger partial charge in [-0.1, -0.05) is 13.8 Å². The molecule has 0 saturated carbocycles. The van der Waals surface area contributed by atoms with Crippen LogP contribution in [0.2, 0.25) is 0 Å². The van der Waals surface area contributed by atoms with E-state index in [0.717, 1.165) is 6.42 Å². The summed E-state index contributed by atoms with van der Waals surface area (Å²) < 4.78 is 5.57. The molecule has 110 valence electrons. The van der Waals surface area contributed by atoms with Crippen LogP contribution in [0.1, 0.15) is 30.6 Å². The molecule has 0 aliphatic carbocycles. The summed E-state index contributed by atoms with van der Waals surface area (Å²) in [4.78, 5) is 22.3. The molecule has 0 bridgehead atoms. The first-order chi connectivity index (χ1) is 9.43. The Balaban J connectivity index is 2.91. The Morgan fingerprint density at radius 3 is 2.65 bits per heavy atom. The van der Waals surface area contributed by atoms with E-state index in [1.54, 1.807) is 0 Å². The Bertz CT molecular complexity index is 486. The standard InChI is InChI=1S/C14H20N2O4/c1-9(2)5-6-20-12-7-10(14(18)19)3-4-11(12)16-13(17)8-15/h3-4,7,9H,5-6,8,15H2,1-2H3,(H,16,17)(H,18,19). The number of nitrogens with one attached hydrogen (secondary N) is 1. The maximum Gasteiger partial charge on any atom is 0.335 e. The van der Waals surface area contributed by atoms with E-state index in [2.05, 4.69) is 19.2 Å². The summed E-state index contributed by atoms with van der Waals surface area (Å²) in [5, 5.41) is 11.6. The van der Waals surface area contributed by atoms with Crippen molar-refractivity contribution >= 4 is 17.6 Å². The summed E-state index contributed by atoms with van der Waals surface area (Å²) in [5.41, 5.74) is 5.77. The highest BCUT2D eigenvalue weighted by Gasteiger charge is 2.11. The number of ether oxygens (including phenoxy) is 1. The van der Waals surface area contributed by atoms with Gasteiger partial charge in [0.25, 0.3) is 0 Å². The third-order valence-electron chi connectivity index (χ3n) is 2.64. The number of rotatable bonds is 7. The van der Waals surface area contributed by atoms with Gasteiger partial charge in [-0.25, -0.2) is 4.79 Å². The minimum atomic E-state index is -1.05. The van der Waals surface area contributed by atoms with Crippen molar-refractivity contribution in [3.63, 3.8) is 0 Å². The number of carbonyl (C=O) groups is 2. The summed E-state index contributed by atoms with van der Waals surface area (Å²) >= 11 is 0. The van der Waals surface area contributed by atoms with Crippen molar-refractivity contribution in [2.75, 3.05) is 18.5 Å². The molecule has 0 unspecified atom stereocenters. The monoisotopic (exact) mass is 280 g/mol. The molecule has 1 rings (SSSR count). The Morgan fingerprint density at radius 1 is 1.40 bits per heavy atom. The van der Waals surface area contributed by atoms with Gasteiger partial charge in [0, 0.05) is 0 Å². The zero-order chi connectivity index (χ0) is 15.1. The summed E-state index contributed by atoms with van der Waals surface area (Å²) in [7, 11) is 0. The van der Waals surface area contributed by atoms with Crippen molar-refractivity contribution in [3.8, 4) is 5.75 Å². The molecule has 1 amide bonds.